The van der Waals surface area contributed by atoms with Crippen molar-refractivity contribution in [2.75, 3.05) is 37.5 Å². The average Bonchev–Trinajstić information content (AvgIpc) is 2.45. The number of nitrogen functional groups attached to an aromatic ring is 1. The predicted octanol–water partition coefficient (Wildman–Crippen LogP) is 2.74. The van der Waals surface area contributed by atoms with E-state index in [0.717, 1.165) is 30.7 Å². The fourth-order valence-corrected chi connectivity index (χ4v) is 1.77. The largest absolute Gasteiger partial charge is 0.399 e. The lowest BCUT2D eigenvalue weighted by molar-refractivity contribution is -0.117. The minimum atomic E-state index is -0.0604. The molecule has 5 nitrogen and oxygen atoms in total. The van der Waals surface area contributed by atoms with Gasteiger partial charge >= 0.3 is 0 Å². The Bertz CT molecular complexity index is 436. The van der Waals surface area contributed by atoms with Crippen molar-refractivity contribution in [3.8, 4) is 0 Å². The van der Waals surface area contributed by atoms with Gasteiger partial charge in [0.2, 0.25) is 5.91 Å². The Balaban J connectivity index is 2.11. The molecule has 3 N–H and O–H groups in total. The van der Waals surface area contributed by atoms with E-state index < -0.39 is 0 Å². The van der Waals surface area contributed by atoms with Gasteiger partial charge in [-0.2, -0.15) is 0 Å². The maximum absolute atomic E-state index is 11.8. The molecule has 0 radical (unpaired) electrons. The highest BCUT2D eigenvalue weighted by Gasteiger charge is 2.05. The molecule has 0 aliphatic heterocycles. The van der Waals surface area contributed by atoms with Gasteiger partial charge in [0, 0.05) is 18.0 Å². The molecule has 1 rings (SSSR count). The van der Waals surface area contributed by atoms with Crippen LogP contribution in [0.3, 0.4) is 0 Å². The SMILES string of the molecule is CCCCOCCOCCC(=O)Nc1ccc(N)cc1C. The molecule has 0 atom stereocenters. The summed E-state index contributed by atoms with van der Waals surface area (Å²) in [6.45, 7) is 6.32. The first-order valence-corrected chi connectivity index (χ1v) is 7.45. The fraction of sp³-hybridized carbons (Fsp3) is 0.562. The van der Waals surface area contributed by atoms with Crippen LogP contribution in [0.4, 0.5) is 11.4 Å². The summed E-state index contributed by atoms with van der Waals surface area (Å²) in [5, 5.41) is 2.85. The van der Waals surface area contributed by atoms with E-state index in [-0.39, 0.29) is 5.91 Å². The average molecular weight is 294 g/mol. The van der Waals surface area contributed by atoms with Crippen molar-refractivity contribution in [2.24, 2.45) is 0 Å². The molecule has 0 spiro atoms. The van der Waals surface area contributed by atoms with Crippen molar-refractivity contribution in [2.45, 2.75) is 33.1 Å². The number of nitrogens with two attached hydrogens (primary N) is 1. The summed E-state index contributed by atoms with van der Waals surface area (Å²) in [5.74, 6) is -0.0604. The van der Waals surface area contributed by atoms with Crippen molar-refractivity contribution in [1.82, 2.24) is 0 Å². The molecule has 0 heterocycles. The van der Waals surface area contributed by atoms with Crippen molar-refractivity contribution >= 4 is 17.3 Å². The quantitative estimate of drug-likeness (QED) is 0.514. The van der Waals surface area contributed by atoms with Gasteiger partial charge in [-0.1, -0.05) is 13.3 Å². The standard InChI is InChI=1S/C16H26N2O3/c1-3-4-8-20-10-11-21-9-7-16(19)18-15-6-5-14(17)12-13(15)2/h5-6,12H,3-4,7-11,17H2,1-2H3,(H,18,19). The molecule has 5 heteroatoms. The Morgan fingerprint density at radius 1 is 1.19 bits per heavy atom. The summed E-state index contributed by atoms with van der Waals surface area (Å²) in [7, 11) is 0. The Hall–Kier alpha value is -1.59. The van der Waals surface area contributed by atoms with Gasteiger partial charge in [-0.05, 0) is 37.1 Å². The van der Waals surface area contributed by atoms with E-state index in [9.17, 15) is 4.79 Å². The lowest BCUT2D eigenvalue weighted by Crippen LogP contribution is -2.16. The Morgan fingerprint density at radius 3 is 2.57 bits per heavy atom. The van der Waals surface area contributed by atoms with Crippen LogP contribution in [0, 0.1) is 6.92 Å². The molecule has 0 fully saturated rings. The highest BCUT2D eigenvalue weighted by molar-refractivity contribution is 5.91. The van der Waals surface area contributed by atoms with Crippen molar-refractivity contribution in [3.05, 3.63) is 23.8 Å². The number of carbonyl (C=O) groups excluding carboxylic acids is 1. The summed E-state index contributed by atoms with van der Waals surface area (Å²) >= 11 is 0. The number of hydrogen-bond donors (Lipinski definition) is 2. The van der Waals surface area contributed by atoms with E-state index in [0.29, 0.717) is 31.9 Å². The van der Waals surface area contributed by atoms with Crippen LogP contribution in [0.5, 0.6) is 0 Å². The second kappa shape index (κ2) is 10.2. The number of aryl methyl sites for hydroxylation is 1. The first kappa shape index (κ1) is 17.5. The third-order valence-electron chi connectivity index (χ3n) is 3.01. The van der Waals surface area contributed by atoms with Crippen LogP contribution in [0.25, 0.3) is 0 Å². The third-order valence-corrected chi connectivity index (χ3v) is 3.01. The smallest absolute Gasteiger partial charge is 0.226 e. The Morgan fingerprint density at radius 2 is 1.90 bits per heavy atom. The molecular formula is C16H26N2O3. The van der Waals surface area contributed by atoms with E-state index in [2.05, 4.69) is 12.2 Å². The lowest BCUT2D eigenvalue weighted by atomic mass is 10.2. The molecule has 1 amide bonds. The number of nitrogens with one attached hydrogen (secondary N) is 1. The van der Waals surface area contributed by atoms with Gasteiger partial charge in [0.15, 0.2) is 0 Å². The normalized spacial score (nSPS) is 10.6. The molecule has 1 aromatic carbocycles. The summed E-state index contributed by atoms with van der Waals surface area (Å²) in [6, 6.07) is 5.41. The van der Waals surface area contributed by atoms with Crippen LogP contribution in [0.2, 0.25) is 0 Å². The van der Waals surface area contributed by atoms with Gasteiger partial charge in [-0.3, -0.25) is 4.79 Å². The van der Waals surface area contributed by atoms with Crippen LogP contribution in [-0.4, -0.2) is 32.3 Å². The maximum atomic E-state index is 11.8. The molecule has 21 heavy (non-hydrogen) atoms. The van der Waals surface area contributed by atoms with Crippen LogP contribution in [0.15, 0.2) is 18.2 Å². The molecule has 0 unspecified atom stereocenters. The zero-order valence-corrected chi connectivity index (χ0v) is 13.0. The monoisotopic (exact) mass is 294 g/mol. The highest BCUT2D eigenvalue weighted by atomic mass is 16.5. The molecule has 0 bridgehead atoms. The number of anilines is 2. The molecule has 1 aromatic rings. The number of hydrogen-bond acceptors (Lipinski definition) is 4. The molecule has 0 aromatic heterocycles. The van der Waals surface area contributed by atoms with Gasteiger partial charge < -0.3 is 20.5 Å². The Kier molecular flexibility index (Phi) is 8.47. The first-order chi connectivity index (χ1) is 10.1. The van der Waals surface area contributed by atoms with Crippen LogP contribution in [0.1, 0.15) is 31.7 Å². The number of amides is 1. The van der Waals surface area contributed by atoms with E-state index in [1.165, 1.54) is 0 Å². The number of ether oxygens (including phenoxy) is 2. The zero-order valence-electron chi connectivity index (χ0n) is 13.0. The molecule has 0 aliphatic rings. The van der Waals surface area contributed by atoms with Crippen molar-refractivity contribution in [3.63, 3.8) is 0 Å². The topological polar surface area (TPSA) is 73.6 Å². The molecular weight excluding hydrogens is 268 g/mol. The van der Waals surface area contributed by atoms with E-state index >= 15 is 0 Å². The van der Waals surface area contributed by atoms with Gasteiger partial charge in [0.1, 0.15) is 0 Å². The molecule has 0 saturated heterocycles. The summed E-state index contributed by atoms with van der Waals surface area (Å²) in [6.07, 6.45) is 2.54. The molecule has 0 saturated carbocycles. The Labute approximate surface area is 126 Å². The highest BCUT2D eigenvalue weighted by Crippen LogP contribution is 2.17. The maximum Gasteiger partial charge on any atom is 0.226 e. The fourth-order valence-electron chi connectivity index (χ4n) is 1.77. The van der Waals surface area contributed by atoms with Gasteiger partial charge in [-0.15, -0.1) is 0 Å². The molecule has 0 aliphatic carbocycles. The number of carbonyl (C=O) groups is 1. The summed E-state index contributed by atoms with van der Waals surface area (Å²) in [5.41, 5.74) is 8.10. The number of unbranched alkanes of at least 4 members (excludes halogenated alkanes) is 1. The minimum absolute atomic E-state index is 0.0604. The minimum Gasteiger partial charge on any atom is -0.399 e. The van der Waals surface area contributed by atoms with Crippen LogP contribution >= 0.6 is 0 Å². The zero-order chi connectivity index (χ0) is 15.5. The summed E-state index contributed by atoms with van der Waals surface area (Å²) < 4.78 is 10.7. The number of rotatable bonds is 10. The summed E-state index contributed by atoms with van der Waals surface area (Å²) in [4.78, 5) is 11.8. The number of benzene rings is 1. The second-order valence-corrected chi connectivity index (χ2v) is 4.95. The van der Waals surface area contributed by atoms with Crippen LogP contribution < -0.4 is 11.1 Å². The van der Waals surface area contributed by atoms with Gasteiger partial charge in [0.05, 0.1) is 26.2 Å². The van der Waals surface area contributed by atoms with Crippen molar-refractivity contribution < 1.29 is 14.3 Å². The third kappa shape index (κ3) is 7.68. The lowest BCUT2D eigenvalue weighted by Gasteiger charge is -2.09. The first-order valence-electron chi connectivity index (χ1n) is 7.45. The van der Waals surface area contributed by atoms with Crippen molar-refractivity contribution in [1.29, 1.82) is 0 Å². The predicted molar refractivity (Wildman–Crippen MR) is 85.4 cm³/mol. The van der Waals surface area contributed by atoms with Crippen LogP contribution in [-0.2, 0) is 14.3 Å². The molecule has 118 valence electrons. The van der Waals surface area contributed by atoms with E-state index in [1.54, 1.807) is 6.07 Å². The van der Waals surface area contributed by atoms with Gasteiger partial charge in [0.25, 0.3) is 0 Å². The van der Waals surface area contributed by atoms with E-state index in [4.69, 9.17) is 15.2 Å². The second-order valence-electron chi connectivity index (χ2n) is 4.95. The van der Waals surface area contributed by atoms with Gasteiger partial charge in [-0.25, -0.2) is 0 Å². The van der Waals surface area contributed by atoms with E-state index in [1.807, 2.05) is 19.1 Å².